The van der Waals surface area contributed by atoms with Gasteiger partial charge in [0, 0.05) is 31.6 Å². The second-order valence-electron chi connectivity index (χ2n) is 6.51. The summed E-state index contributed by atoms with van der Waals surface area (Å²) in [5.74, 6) is -0.0576. The zero-order valence-corrected chi connectivity index (χ0v) is 15.2. The van der Waals surface area contributed by atoms with Gasteiger partial charge in [0.1, 0.15) is 13.4 Å². The monoisotopic (exact) mass is 338 g/mol. The van der Waals surface area contributed by atoms with Crippen molar-refractivity contribution in [2.24, 2.45) is 0 Å². The van der Waals surface area contributed by atoms with Crippen molar-refractivity contribution in [3.8, 4) is 0 Å². The summed E-state index contributed by atoms with van der Waals surface area (Å²) in [5, 5.41) is 3.27. The molecule has 5 nitrogen and oxygen atoms in total. The molecule has 1 N–H and O–H groups in total. The van der Waals surface area contributed by atoms with E-state index in [-0.39, 0.29) is 18.9 Å². The normalized spacial score (nSPS) is 11.0. The first-order valence-electron chi connectivity index (χ1n) is 7.54. The lowest BCUT2D eigenvalue weighted by atomic mass is 9.95. The van der Waals surface area contributed by atoms with Crippen LogP contribution in [0.15, 0.2) is 18.2 Å². The number of halogens is 1. The van der Waals surface area contributed by atoms with Gasteiger partial charge in [0.15, 0.2) is 0 Å². The predicted molar refractivity (Wildman–Crippen MR) is 95.0 cm³/mol. The highest BCUT2D eigenvalue weighted by molar-refractivity contribution is 6.45. The first kappa shape index (κ1) is 19.4. The minimum absolute atomic E-state index is 0.0576. The molecule has 0 saturated heterocycles. The van der Waals surface area contributed by atoms with Crippen LogP contribution in [-0.2, 0) is 16.1 Å². The largest absolute Gasteiger partial charge is 0.444 e. The van der Waals surface area contributed by atoms with Crippen LogP contribution in [0.3, 0.4) is 0 Å². The van der Waals surface area contributed by atoms with E-state index in [4.69, 9.17) is 16.3 Å². The van der Waals surface area contributed by atoms with Gasteiger partial charge < -0.3 is 15.0 Å². The van der Waals surface area contributed by atoms with E-state index in [1.165, 1.54) is 0 Å². The summed E-state index contributed by atoms with van der Waals surface area (Å²) in [4.78, 5) is 25.2. The second kappa shape index (κ2) is 8.25. The van der Waals surface area contributed by atoms with Gasteiger partial charge in [-0.1, -0.05) is 29.2 Å². The molecule has 0 aliphatic rings. The fraction of sp³-hybridized carbons (Fsp3) is 0.500. The van der Waals surface area contributed by atoms with Gasteiger partial charge in [0.2, 0.25) is 5.91 Å². The maximum absolute atomic E-state index is 12.1. The topological polar surface area (TPSA) is 58.6 Å². The highest BCUT2D eigenvalue weighted by Crippen LogP contribution is 2.10. The summed E-state index contributed by atoms with van der Waals surface area (Å²) in [5.41, 5.74) is 1.43. The van der Waals surface area contributed by atoms with Crippen molar-refractivity contribution in [3.63, 3.8) is 0 Å². The molecule has 0 fully saturated rings. The van der Waals surface area contributed by atoms with Crippen molar-refractivity contribution in [3.05, 3.63) is 28.8 Å². The number of rotatable bonds is 5. The van der Waals surface area contributed by atoms with Crippen LogP contribution in [0.1, 0.15) is 32.8 Å². The van der Waals surface area contributed by atoms with Crippen molar-refractivity contribution in [2.45, 2.75) is 39.3 Å². The third-order valence-corrected chi connectivity index (χ3v) is 3.50. The Labute approximate surface area is 143 Å². The summed E-state index contributed by atoms with van der Waals surface area (Å²) < 4.78 is 5.11. The molecule has 2 amide bonds. The van der Waals surface area contributed by atoms with E-state index in [2.05, 4.69) is 5.32 Å². The molecule has 0 radical (unpaired) electrons. The maximum atomic E-state index is 12.1. The van der Waals surface area contributed by atoms with E-state index in [9.17, 15) is 9.59 Å². The molecule has 23 heavy (non-hydrogen) atoms. The van der Waals surface area contributed by atoms with Crippen LogP contribution in [0, 0.1) is 0 Å². The minimum Gasteiger partial charge on any atom is -0.444 e. The molecule has 1 aromatic carbocycles. The molecule has 126 valence electrons. The van der Waals surface area contributed by atoms with Crippen LogP contribution in [0.25, 0.3) is 0 Å². The molecular weight excluding hydrogens is 314 g/mol. The Kier molecular flexibility index (Phi) is 6.94. The maximum Gasteiger partial charge on any atom is 0.407 e. The Morgan fingerprint density at radius 2 is 2.00 bits per heavy atom. The molecule has 0 bridgehead atoms. The summed E-state index contributed by atoms with van der Waals surface area (Å²) >= 11 is 6.08. The Balaban J connectivity index is 2.39. The number of hydrogen-bond acceptors (Lipinski definition) is 3. The number of nitrogens with zero attached hydrogens (tertiary/aromatic N) is 1. The van der Waals surface area contributed by atoms with Crippen molar-refractivity contribution in [2.75, 3.05) is 13.6 Å². The molecule has 1 rings (SSSR count). The molecule has 0 aromatic heterocycles. The van der Waals surface area contributed by atoms with Gasteiger partial charge >= 0.3 is 6.09 Å². The zero-order chi connectivity index (χ0) is 17.6. The Morgan fingerprint density at radius 3 is 2.57 bits per heavy atom. The lowest BCUT2D eigenvalue weighted by Crippen LogP contribution is -2.35. The van der Waals surface area contributed by atoms with Crippen molar-refractivity contribution in [1.82, 2.24) is 10.2 Å². The van der Waals surface area contributed by atoms with Gasteiger partial charge in [0.25, 0.3) is 0 Å². The smallest absolute Gasteiger partial charge is 0.407 e. The van der Waals surface area contributed by atoms with Crippen molar-refractivity contribution >= 4 is 36.9 Å². The van der Waals surface area contributed by atoms with E-state index in [0.29, 0.717) is 11.6 Å². The number of hydrogen-bond donors (Lipinski definition) is 1. The Bertz CT molecular complexity index is 573. The van der Waals surface area contributed by atoms with Crippen LogP contribution >= 0.6 is 11.6 Å². The highest BCUT2D eigenvalue weighted by atomic mass is 35.5. The summed E-state index contributed by atoms with van der Waals surface area (Å²) in [6, 6.07) is 5.74. The number of carbonyl (C=O) groups is 2. The lowest BCUT2D eigenvalue weighted by Gasteiger charge is -2.20. The third kappa shape index (κ3) is 7.42. The van der Waals surface area contributed by atoms with Crippen LogP contribution < -0.4 is 10.8 Å². The molecule has 0 heterocycles. The van der Waals surface area contributed by atoms with Gasteiger partial charge in [-0.05, 0) is 32.4 Å². The molecule has 0 spiro atoms. The van der Waals surface area contributed by atoms with E-state index < -0.39 is 11.7 Å². The van der Waals surface area contributed by atoms with Gasteiger partial charge in [-0.15, -0.1) is 0 Å². The Hall–Kier alpha value is -1.69. The molecule has 0 saturated carbocycles. The first-order chi connectivity index (χ1) is 10.6. The van der Waals surface area contributed by atoms with Crippen LogP contribution in [-0.4, -0.2) is 43.9 Å². The minimum atomic E-state index is -0.546. The number of amides is 2. The van der Waals surface area contributed by atoms with Crippen molar-refractivity contribution < 1.29 is 14.3 Å². The second-order valence-corrected chi connectivity index (χ2v) is 6.92. The molecular formula is C16H24BClN2O3. The predicted octanol–water partition coefficient (Wildman–Crippen LogP) is 1.47. The molecule has 0 aliphatic carbocycles. The SMILES string of the molecule is Bc1ccc(CN(C)C(=O)CCNC(=O)OC(C)(C)C)cc1Cl. The van der Waals surface area contributed by atoms with Gasteiger partial charge in [0.05, 0.1) is 0 Å². The molecule has 7 heteroatoms. The number of carbonyl (C=O) groups excluding carboxylic acids is 2. The molecule has 0 aliphatic heterocycles. The van der Waals surface area contributed by atoms with E-state index in [0.717, 1.165) is 11.0 Å². The van der Waals surface area contributed by atoms with Gasteiger partial charge in [-0.3, -0.25) is 4.79 Å². The molecule has 1 aromatic rings. The zero-order valence-electron chi connectivity index (χ0n) is 14.4. The molecule has 0 unspecified atom stereocenters. The van der Waals surface area contributed by atoms with Crippen molar-refractivity contribution in [1.29, 1.82) is 0 Å². The average Bonchev–Trinajstić information content (AvgIpc) is 2.40. The fourth-order valence-corrected chi connectivity index (χ4v) is 2.08. The standard InChI is InChI=1S/C16H24BClN2O3/c1-16(2,3)23-15(22)19-8-7-14(21)20(4)10-11-5-6-12(17)13(18)9-11/h5-6,9H,7-8,10,17H2,1-4H3,(H,19,22). The average molecular weight is 339 g/mol. The van der Waals surface area contributed by atoms with Crippen LogP contribution in [0.5, 0.6) is 0 Å². The van der Waals surface area contributed by atoms with Crippen LogP contribution in [0.2, 0.25) is 5.02 Å². The first-order valence-corrected chi connectivity index (χ1v) is 7.92. The van der Waals surface area contributed by atoms with E-state index in [1.807, 2.05) is 26.0 Å². The van der Waals surface area contributed by atoms with Crippen LogP contribution in [0.4, 0.5) is 4.79 Å². The lowest BCUT2D eigenvalue weighted by molar-refractivity contribution is -0.130. The van der Waals surface area contributed by atoms with Gasteiger partial charge in [-0.2, -0.15) is 0 Å². The quantitative estimate of drug-likeness (QED) is 0.827. The third-order valence-electron chi connectivity index (χ3n) is 3.09. The fourth-order valence-electron chi connectivity index (χ4n) is 1.87. The summed E-state index contributed by atoms with van der Waals surface area (Å²) in [6.45, 7) is 6.09. The number of ether oxygens (including phenoxy) is 1. The number of alkyl carbamates (subject to hydrolysis) is 1. The summed E-state index contributed by atoms with van der Waals surface area (Å²) in [6.07, 6.45) is -0.298. The Morgan fingerprint density at radius 1 is 1.35 bits per heavy atom. The molecule has 0 atom stereocenters. The highest BCUT2D eigenvalue weighted by Gasteiger charge is 2.16. The van der Waals surface area contributed by atoms with E-state index in [1.54, 1.807) is 32.7 Å². The summed E-state index contributed by atoms with van der Waals surface area (Å²) in [7, 11) is 3.66. The van der Waals surface area contributed by atoms with E-state index >= 15 is 0 Å². The van der Waals surface area contributed by atoms with Gasteiger partial charge in [-0.25, -0.2) is 4.79 Å². The number of nitrogens with one attached hydrogen (secondary N) is 1. The number of benzene rings is 1.